The molecule has 0 radical (unpaired) electrons. The van der Waals surface area contributed by atoms with Crippen LogP contribution in [0.1, 0.15) is 39.0 Å². The summed E-state index contributed by atoms with van der Waals surface area (Å²) in [6.45, 7) is 6.99. The fraction of sp³-hybridized carbons (Fsp3) is 0.923. The van der Waals surface area contributed by atoms with Crippen LogP contribution in [0.3, 0.4) is 0 Å². The van der Waals surface area contributed by atoms with Crippen LogP contribution in [0.25, 0.3) is 0 Å². The number of carboxylic acid groups (broad SMARTS) is 1. The Hall–Kier alpha value is -0.610. The molecule has 0 bridgehead atoms. The van der Waals surface area contributed by atoms with Crippen LogP contribution < -0.4 is 0 Å². The molecule has 2 heterocycles. The van der Waals surface area contributed by atoms with E-state index in [9.17, 15) is 9.90 Å². The van der Waals surface area contributed by atoms with Gasteiger partial charge < -0.3 is 10.0 Å². The van der Waals surface area contributed by atoms with Gasteiger partial charge in [-0.3, -0.25) is 9.69 Å². The molecule has 17 heavy (non-hydrogen) atoms. The maximum atomic E-state index is 11.7. The quantitative estimate of drug-likeness (QED) is 0.810. The van der Waals surface area contributed by atoms with Crippen LogP contribution in [0.4, 0.5) is 0 Å². The van der Waals surface area contributed by atoms with E-state index >= 15 is 0 Å². The summed E-state index contributed by atoms with van der Waals surface area (Å²) in [5.41, 5.74) is -0.563. The summed E-state index contributed by atoms with van der Waals surface area (Å²) in [6.07, 6.45) is 5.15. The van der Waals surface area contributed by atoms with Gasteiger partial charge in [-0.2, -0.15) is 0 Å². The minimum Gasteiger partial charge on any atom is -0.480 e. The van der Waals surface area contributed by atoms with Gasteiger partial charge in [0.05, 0.1) is 0 Å². The van der Waals surface area contributed by atoms with Gasteiger partial charge >= 0.3 is 5.97 Å². The molecule has 0 unspecified atom stereocenters. The molecule has 2 saturated heterocycles. The van der Waals surface area contributed by atoms with Gasteiger partial charge in [-0.1, -0.05) is 13.3 Å². The van der Waals surface area contributed by atoms with Crippen LogP contribution in [-0.2, 0) is 4.79 Å². The molecule has 1 N–H and O–H groups in total. The van der Waals surface area contributed by atoms with Crippen LogP contribution in [-0.4, -0.2) is 59.1 Å². The van der Waals surface area contributed by atoms with Crippen LogP contribution in [0.15, 0.2) is 0 Å². The molecule has 0 aliphatic carbocycles. The molecular weight excluding hydrogens is 216 g/mol. The molecule has 0 aromatic heterocycles. The zero-order chi connectivity index (χ0) is 12.3. The zero-order valence-corrected chi connectivity index (χ0v) is 10.8. The van der Waals surface area contributed by atoms with E-state index in [4.69, 9.17) is 0 Å². The van der Waals surface area contributed by atoms with Crippen molar-refractivity contribution in [3.8, 4) is 0 Å². The van der Waals surface area contributed by atoms with Crippen molar-refractivity contribution in [1.29, 1.82) is 0 Å². The summed E-state index contributed by atoms with van der Waals surface area (Å²) in [7, 11) is 0. The summed E-state index contributed by atoms with van der Waals surface area (Å²) in [5.74, 6) is -0.602. The van der Waals surface area contributed by atoms with Gasteiger partial charge in [0.15, 0.2) is 0 Å². The van der Waals surface area contributed by atoms with Crippen LogP contribution in [0.2, 0.25) is 0 Å². The van der Waals surface area contributed by atoms with Gasteiger partial charge in [0.1, 0.15) is 5.54 Å². The number of nitrogens with zero attached hydrogens (tertiary/aromatic N) is 2. The Kier molecular flexibility index (Phi) is 4.05. The Morgan fingerprint density at radius 1 is 1.12 bits per heavy atom. The molecule has 2 aliphatic heterocycles. The number of likely N-dealkylation sites (tertiary alicyclic amines) is 2. The average molecular weight is 240 g/mol. The Bertz CT molecular complexity index is 267. The van der Waals surface area contributed by atoms with Gasteiger partial charge in [-0.25, -0.2) is 0 Å². The van der Waals surface area contributed by atoms with Crippen molar-refractivity contribution in [2.24, 2.45) is 0 Å². The predicted octanol–water partition coefficient (Wildman–Crippen LogP) is 1.41. The minimum absolute atomic E-state index is 0.563. The first-order valence-electron chi connectivity index (χ1n) is 6.90. The number of hydrogen-bond acceptors (Lipinski definition) is 3. The highest BCUT2D eigenvalue weighted by Gasteiger charge is 2.46. The van der Waals surface area contributed by atoms with Crippen molar-refractivity contribution >= 4 is 5.97 Å². The van der Waals surface area contributed by atoms with Gasteiger partial charge in [-0.15, -0.1) is 0 Å². The highest BCUT2D eigenvalue weighted by Crippen LogP contribution is 2.31. The first-order chi connectivity index (χ1) is 8.19. The molecule has 0 aromatic carbocycles. The van der Waals surface area contributed by atoms with Crippen molar-refractivity contribution in [2.45, 2.75) is 44.6 Å². The third-order valence-electron chi connectivity index (χ3n) is 4.49. The zero-order valence-electron chi connectivity index (χ0n) is 10.8. The van der Waals surface area contributed by atoms with E-state index in [1.807, 2.05) is 0 Å². The van der Waals surface area contributed by atoms with E-state index in [0.29, 0.717) is 0 Å². The summed E-state index contributed by atoms with van der Waals surface area (Å²) in [4.78, 5) is 16.3. The fourth-order valence-corrected chi connectivity index (χ4v) is 3.23. The molecule has 0 amide bonds. The Balaban J connectivity index is 2.07. The monoisotopic (exact) mass is 240 g/mol. The highest BCUT2D eigenvalue weighted by molar-refractivity contribution is 5.79. The van der Waals surface area contributed by atoms with Crippen LogP contribution in [0.5, 0.6) is 0 Å². The number of aliphatic carboxylic acids is 1. The molecule has 0 saturated carbocycles. The van der Waals surface area contributed by atoms with E-state index in [1.54, 1.807) is 0 Å². The molecule has 98 valence electrons. The SMILES string of the molecule is CCN1CCC(C(=O)O)(N2CCCCC2)CC1. The molecule has 2 fully saturated rings. The van der Waals surface area contributed by atoms with E-state index < -0.39 is 11.5 Å². The molecule has 4 nitrogen and oxygen atoms in total. The molecular formula is C13H24N2O2. The lowest BCUT2D eigenvalue weighted by Crippen LogP contribution is -2.61. The Morgan fingerprint density at radius 3 is 2.18 bits per heavy atom. The minimum atomic E-state index is -0.602. The molecule has 2 rings (SSSR count). The lowest BCUT2D eigenvalue weighted by molar-refractivity contribution is -0.156. The molecule has 4 heteroatoms. The predicted molar refractivity (Wildman–Crippen MR) is 67.1 cm³/mol. The Labute approximate surface area is 104 Å². The second-order valence-electron chi connectivity index (χ2n) is 5.32. The molecule has 0 spiro atoms. The van der Waals surface area contributed by atoms with Crippen LogP contribution in [0, 0.1) is 0 Å². The summed E-state index contributed by atoms with van der Waals surface area (Å²) in [5, 5.41) is 9.64. The molecule has 0 atom stereocenters. The van der Waals surface area contributed by atoms with E-state index in [0.717, 1.165) is 58.4 Å². The van der Waals surface area contributed by atoms with Crippen molar-refractivity contribution in [3.05, 3.63) is 0 Å². The summed E-state index contributed by atoms with van der Waals surface area (Å²) < 4.78 is 0. The maximum Gasteiger partial charge on any atom is 0.324 e. The number of carbonyl (C=O) groups is 1. The van der Waals surface area contributed by atoms with Crippen molar-refractivity contribution in [3.63, 3.8) is 0 Å². The highest BCUT2D eigenvalue weighted by atomic mass is 16.4. The van der Waals surface area contributed by atoms with Crippen LogP contribution >= 0.6 is 0 Å². The number of rotatable bonds is 3. The average Bonchev–Trinajstić information content (AvgIpc) is 2.39. The van der Waals surface area contributed by atoms with Gasteiger partial charge in [0, 0.05) is 13.1 Å². The first kappa shape index (κ1) is 12.8. The fourth-order valence-electron chi connectivity index (χ4n) is 3.23. The van der Waals surface area contributed by atoms with Crippen molar-refractivity contribution < 1.29 is 9.90 Å². The summed E-state index contributed by atoms with van der Waals surface area (Å²) >= 11 is 0. The normalized spacial score (nSPS) is 26.9. The van der Waals surface area contributed by atoms with E-state index in [1.165, 1.54) is 6.42 Å². The Morgan fingerprint density at radius 2 is 1.71 bits per heavy atom. The topological polar surface area (TPSA) is 43.8 Å². The number of piperidine rings is 2. The van der Waals surface area contributed by atoms with Gasteiger partial charge in [-0.05, 0) is 45.3 Å². The van der Waals surface area contributed by atoms with E-state index in [2.05, 4.69) is 16.7 Å². The maximum absolute atomic E-state index is 11.7. The number of carboxylic acids is 1. The molecule has 2 aliphatic rings. The number of hydrogen-bond donors (Lipinski definition) is 1. The van der Waals surface area contributed by atoms with Gasteiger partial charge in [0.25, 0.3) is 0 Å². The van der Waals surface area contributed by atoms with Gasteiger partial charge in [0.2, 0.25) is 0 Å². The standard InChI is InChI=1S/C13H24N2O2/c1-2-14-10-6-13(7-11-14,12(16)17)15-8-4-3-5-9-15/h2-11H2,1H3,(H,16,17). The first-order valence-corrected chi connectivity index (χ1v) is 6.90. The van der Waals surface area contributed by atoms with Crippen molar-refractivity contribution in [2.75, 3.05) is 32.7 Å². The largest absolute Gasteiger partial charge is 0.480 e. The smallest absolute Gasteiger partial charge is 0.324 e. The molecule has 0 aromatic rings. The lowest BCUT2D eigenvalue weighted by Gasteiger charge is -2.47. The third kappa shape index (κ3) is 2.47. The second kappa shape index (κ2) is 5.36. The second-order valence-corrected chi connectivity index (χ2v) is 5.32. The third-order valence-corrected chi connectivity index (χ3v) is 4.49. The lowest BCUT2D eigenvalue weighted by atomic mass is 9.84. The van der Waals surface area contributed by atoms with Crippen molar-refractivity contribution in [1.82, 2.24) is 9.80 Å². The van der Waals surface area contributed by atoms with E-state index in [-0.39, 0.29) is 0 Å². The summed E-state index contributed by atoms with van der Waals surface area (Å²) in [6, 6.07) is 0.